The molecule has 3 heteroatoms. The van der Waals surface area contributed by atoms with Gasteiger partial charge in [0.05, 0.1) is 18.4 Å². The van der Waals surface area contributed by atoms with Crippen LogP contribution in [-0.4, -0.2) is 18.1 Å². The normalized spacial score (nSPS) is 17.8. The zero-order valence-electron chi connectivity index (χ0n) is 11.8. The first-order valence-corrected chi connectivity index (χ1v) is 7.15. The summed E-state index contributed by atoms with van der Waals surface area (Å²) in [6.07, 6.45) is 3.02. The number of rotatable bonds is 4. The van der Waals surface area contributed by atoms with E-state index in [1.165, 1.54) is 16.7 Å². The molecule has 3 rings (SSSR count). The first kappa shape index (κ1) is 13.3. The molecule has 0 spiro atoms. The van der Waals surface area contributed by atoms with Gasteiger partial charge in [0.1, 0.15) is 0 Å². The highest BCUT2D eigenvalue weighted by Crippen LogP contribution is 2.26. The minimum atomic E-state index is 0.156. The topological polar surface area (TPSA) is 34.2 Å². The molecule has 0 radical (unpaired) electrons. The predicted octanol–water partition coefficient (Wildman–Crippen LogP) is 2.79. The Labute approximate surface area is 120 Å². The van der Waals surface area contributed by atoms with Crippen molar-refractivity contribution >= 4 is 0 Å². The van der Waals surface area contributed by atoms with Crippen molar-refractivity contribution < 1.29 is 4.74 Å². The highest BCUT2D eigenvalue weighted by atomic mass is 16.5. The number of hydrogen-bond acceptors (Lipinski definition) is 3. The molecule has 2 heterocycles. The smallest absolute Gasteiger partial charge is 0.0952 e. The van der Waals surface area contributed by atoms with Crippen molar-refractivity contribution in [3.05, 3.63) is 65.0 Å². The molecule has 1 aliphatic heterocycles. The van der Waals surface area contributed by atoms with E-state index >= 15 is 0 Å². The van der Waals surface area contributed by atoms with Crippen molar-refractivity contribution in [2.45, 2.75) is 26.0 Å². The molecule has 1 atom stereocenters. The molecule has 0 saturated heterocycles. The molecule has 1 aromatic carbocycles. The molecule has 1 aliphatic rings. The summed E-state index contributed by atoms with van der Waals surface area (Å²) in [4.78, 5) is 4.40. The second-order valence-electron chi connectivity index (χ2n) is 5.21. The molecule has 2 aromatic rings. The Morgan fingerprint density at radius 2 is 2.15 bits per heavy atom. The van der Waals surface area contributed by atoms with E-state index < -0.39 is 0 Å². The summed E-state index contributed by atoms with van der Waals surface area (Å²) in [5.41, 5.74) is 5.07. The molecule has 1 N–H and O–H groups in total. The van der Waals surface area contributed by atoms with Crippen LogP contribution in [-0.2, 0) is 17.7 Å². The fraction of sp³-hybridized carbons (Fsp3) is 0.353. The SMILES string of the molecule is Cc1cccnc1CNCC1OCCc2ccccc21. The number of fused-ring (bicyclic) bond motifs is 1. The Morgan fingerprint density at radius 3 is 3.05 bits per heavy atom. The lowest BCUT2D eigenvalue weighted by Crippen LogP contribution is -2.27. The van der Waals surface area contributed by atoms with Crippen molar-refractivity contribution in [1.29, 1.82) is 0 Å². The second-order valence-corrected chi connectivity index (χ2v) is 5.21. The number of nitrogens with zero attached hydrogens (tertiary/aromatic N) is 1. The Hall–Kier alpha value is -1.71. The quantitative estimate of drug-likeness (QED) is 0.926. The summed E-state index contributed by atoms with van der Waals surface area (Å²) in [6, 6.07) is 12.6. The van der Waals surface area contributed by atoms with Crippen molar-refractivity contribution in [1.82, 2.24) is 10.3 Å². The van der Waals surface area contributed by atoms with Gasteiger partial charge in [-0.05, 0) is 36.1 Å². The standard InChI is InChI=1S/C17H20N2O/c1-13-5-4-9-19-16(13)11-18-12-17-15-7-3-2-6-14(15)8-10-20-17/h2-7,9,17-18H,8,10-12H2,1H3. The van der Waals surface area contributed by atoms with E-state index in [-0.39, 0.29) is 6.10 Å². The van der Waals surface area contributed by atoms with Gasteiger partial charge >= 0.3 is 0 Å². The molecular weight excluding hydrogens is 248 g/mol. The van der Waals surface area contributed by atoms with E-state index in [1.807, 2.05) is 12.3 Å². The zero-order chi connectivity index (χ0) is 13.8. The van der Waals surface area contributed by atoms with Crippen LogP contribution in [0.15, 0.2) is 42.6 Å². The summed E-state index contributed by atoms with van der Waals surface area (Å²) in [5.74, 6) is 0. The molecule has 0 amide bonds. The summed E-state index contributed by atoms with van der Waals surface area (Å²) in [5, 5.41) is 3.47. The summed E-state index contributed by atoms with van der Waals surface area (Å²) >= 11 is 0. The van der Waals surface area contributed by atoms with Crippen molar-refractivity contribution in [2.75, 3.05) is 13.2 Å². The van der Waals surface area contributed by atoms with Crippen LogP contribution in [0.3, 0.4) is 0 Å². The maximum atomic E-state index is 5.89. The predicted molar refractivity (Wildman–Crippen MR) is 79.5 cm³/mol. The van der Waals surface area contributed by atoms with E-state index in [0.717, 1.165) is 31.8 Å². The number of aryl methyl sites for hydroxylation is 1. The van der Waals surface area contributed by atoms with Crippen molar-refractivity contribution in [3.8, 4) is 0 Å². The molecule has 104 valence electrons. The number of ether oxygens (including phenoxy) is 1. The average molecular weight is 268 g/mol. The minimum absolute atomic E-state index is 0.156. The lowest BCUT2D eigenvalue weighted by molar-refractivity contribution is 0.0423. The van der Waals surface area contributed by atoms with Gasteiger partial charge in [-0.15, -0.1) is 0 Å². The highest BCUT2D eigenvalue weighted by molar-refractivity contribution is 5.31. The van der Waals surface area contributed by atoms with Gasteiger partial charge in [-0.25, -0.2) is 0 Å². The maximum absolute atomic E-state index is 5.89. The number of aromatic nitrogens is 1. The molecule has 0 aliphatic carbocycles. The fourth-order valence-electron chi connectivity index (χ4n) is 2.67. The van der Waals surface area contributed by atoms with Crippen LogP contribution < -0.4 is 5.32 Å². The van der Waals surface area contributed by atoms with E-state index in [1.54, 1.807) is 0 Å². The van der Waals surface area contributed by atoms with Gasteiger partial charge in [0.2, 0.25) is 0 Å². The second kappa shape index (κ2) is 6.16. The maximum Gasteiger partial charge on any atom is 0.0952 e. The van der Waals surface area contributed by atoms with Gasteiger partial charge in [0, 0.05) is 19.3 Å². The molecule has 0 bridgehead atoms. The minimum Gasteiger partial charge on any atom is -0.372 e. The van der Waals surface area contributed by atoms with E-state index in [9.17, 15) is 0 Å². The lowest BCUT2D eigenvalue weighted by Gasteiger charge is -2.26. The van der Waals surface area contributed by atoms with Crippen LogP contribution in [0, 0.1) is 6.92 Å². The van der Waals surface area contributed by atoms with Gasteiger partial charge in [-0.3, -0.25) is 4.98 Å². The van der Waals surface area contributed by atoms with Crippen molar-refractivity contribution in [3.63, 3.8) is 0 Å². The van der Waals surface area contributed by atoms with Crippen molar-refractivity contribution in [2.24, 2.45) is 0 Å². The van der Waals surface area contributed by atoms with Crippen LogP contribution >= 0.6 is 0 Å². The first-order valence-electron chi connectivity index (χ1n) is 7.15. The van der Waals surface area contributed by atoms with Gasteiger partial charge in [-0.2, -0.15) is 0 Å². The average Bonchev–Trinajstić information content (AvgIpc) is 2.49. The lowest BCUT2D eigenvalue weighted by atomic mass is 9.97. The fourth-order valence-corrected chi connectivity index (χ4v) is 2.67. The molecule has 0 fully saturated rings. The summed E-state index contributed by atoms with van der Waals surface area (Å²) < 4.78 is 5.89. The molecule has 1 aromatic heterocycles. The van der Waals surface area contributed by atoms with Crippen LogP contribution in [0.25, 0.3) is 0 Å². The first-order chi connectivity index (χ1) is 9.84. The largest absolute Gasteiger partial charge is 0.372 e. The molecule has 0 saturated carbocycles. The highest BCUT2D eigenvalue weighted by Gasteiger charge is 2.19. The van der Waals surface area contributed by atoms with Gasteiger partial charge in [0.15, 0.2) is 0 Å². The number of hydrogen-bond donors (Lipinski definition) is 1. The summed E-state index contributed by atoms with van der Waals surface area (Å²) in [6.45, 7) is 4.52. The van der Waals surface area contributed by atoms with E-state index in [4.69, 9.17) is 4.74 Å². The third-order valence-corrected chi connectivity index (χ3v) is 3.83. The van der Waals surface area contributed by atoms with Gasteiger partial charge in [0.25, 0.3) is 0 Å². The Kier molecular flexibility index (Phi) is 4.09. The molecule has 20 heavy (non-hydrogen) atoms. The number of pyridine rings is 1. The van der Waals surface area contributed by atoms with Crippen LogP contribution in [0.5, 0.6) is 0 Å². The van der Waals surface area contributed by atoms with Gasteiger partial charge < -0.3 is 10.1 Å². The van der Waals surface area contributed by atoms with Crippen LogP contribution in [0.2, 0.25) is 0 Å². The Bertz CT molecular complexity index is 583. The Morgan fingerprint density at radius 1 is 1.25 bits per heavy atom. The van der Waals surface area contributed by atoms with Crippen LogP contribution in [0.4, 0.5) is 0 Å². The Balaban J connectivity index is 1.61. The third-order valence-electron chi connectivity index (χ3n) is 3.83. The third kappa shape index (κ3) is 2.89. The zero-order valence-corrected chi connectivity index (χ0v) is 11.8. The van der Waals surface area contributed by atoms with Crippen LogP contribution in [0.1, 0.15) is 28.5 Å². The number of benzene rings is 1. The van der Waals surface area contributed by atoms with E-state index in [0.29, 0.717) is 0 Å². The molecule has 1 unspecified atom stereocenters. The monoisotopic (exact) mass is 268 g/mol. The molecular formula is C17H20N2O. The summed E-state index contributed by atoms with van der Waals surface area (Å²) in [7, 11) is 0. The number of nitrogens with one attached hydrogen (secondary N) is 1. The molecule has 3 nitrogen and oxygen atoms in total. The van der Waals surface area contributed by atoms with Gasteiger partial charge in [-0.1, -0.05) is 30.3 Å². The van der Waals surface area contributed by atoms with E-state index in [2.05, 4.69) is 47.6 Å².